The van der Waals surface area contributed by atoms with Crippen molar-refractivity contribution in [2.45, 2.75) is 57.5 Å². The SMILES string of the molecule is CC(CC1CC1)NC(=O)C1CCC(N)C1. The summed E-state index contributed by atoms with van der Waals surface area (Å²) in [6.07, 6.45) is 6.73. The van der Waals surface area contributed by atoms with Crippen LogP contribution in [0.1, 0.15) is 45.4 Å². The fraction of sp³-hybridized carbons (Fsp3) is 0.917. The molecule has 3 heteroatoms. The van der Waals surface area contributed by atoms with E-state index in [2.05, 4.69) is 12.2 Å². The van der Waals surface area contributed by atoms with E-state index in [4.69, 9.17) is 5.73 Å². The summed E-state index contributed by atoms with van der Waals surface area (Å²) < 4.78 is 0. The molecule has 2 saturated carbocycles. The molecular formula is C12H22N2O. The third kappa shape index (κ3) is 3.20. The van der Waals surface area contributed by atoms with Crippen LogP contribution >= 0.6 is 0 Å². The third-order valence-electron chi connectivity index (χ3n) is 3.62. The molecule has 15 heavy (non-hydrogen) atoms. The second kappa shape index (κ2) is 4.52. The minimum Gasteiger partial charge on any atom is -0.353 e. The van der Waals surface area contributed by atoms with Gasteiger partial charge in [-0.2, -0.15) is 0 Å². The predicted molar refractivity (Wildman–Crippen MR) is 60.3 cm³/mol. The number of carbonyl (C=O) groups excluding carboxylic acids is 1. The summed E-state index contributed by atoms with van der Waals surface area (Å²) in [7, 11) is 0. The van der Waals surface area contributed by atoms with E-state index < -0.39 is 0 Å². The van der Waals surface area contributed by atoms with Crippen LogP contribution in [-0.2, 0) is 4.79 Å². The van der Waals surface area contributed by atoms with Crippen molar-refractivity contribution < 1.29 is 4.79 Å². The van der Waals surface area contributed by atoms with Gasteiger partial charge in [0.05, 0.1) is 0 Å². The maximum Gasteiger partial charge on any atom is 0.223 e. The van der Waals surface area contributed by atoms with Crippen LogP contribution in [0.15, 0.2) is 0 Å². The highest BCUT2D eigenvalue weighted by molar-refractivity contribution is 5.79. The Labute approximate surface area is 91.8 Å². The average Bonchev–Trinajstić information content (AvgIpc) is 2.85. The molecule has 2 rings (SSSR count). The zero-order chi connectivity index (χ0) is 10.8. The van der Waals surface area contributed by atoms with E-state index in [0.29, 0.717) is 6.04 Å². The van der Waals surface area contributed by atoms with Gasteiger partial charge < -0.3 is 11.1 Å². The summed E-state index contributed by atoms with van der Waals surface area (Å²) in [6, 6.07) is 0.598. The number of nitrogens with one attached hydrogen (secondary N) is 1. The standard InChI is InChI=1S/C12H22N2O/c1-8(6-9-2-3-9)14-12(15)10-4-5-11(13)7-10/h8-11H,2-7,13H2,1H3,(H,14,15). The quantitative estimate of drug-likeness (QED) is 0.737. The Balaban J connectivity index is 1.70. The molecule has 3 atom stereocenters. The number of hydrogen-bond acceptors (Lipinski definition) is 2. The second-order valence-electron chi connectivity index (χ2n) is 5.36. The molecule has 0 heterocycles. The van der Waals surface area contributed by atoms with Gasteiger partial charge in [0.15, 0.2) is 0 Å². The number of hydrogen-bond donors (Lipinski definition) is 2. The molecule has 3 N–H and O–H groups in total. The van der Waals surface area contributed by atoms with E-state index in [0.717, 1.165) is 31.6 Å². The molecule has 0 saturated heterocycles. The fourth-order valence-electron chi connectivity index (χ4n) is 2.53. The molecule has 86 valence electrons. The number of amides is 1. The Morgan fingerprint density at radius 3 is 2.67 bits per heavy atom. The molecule has 0 bridgehead atoms. The Morgan fingerprint density at radius 1 is 1.40 bits per heavy atom. The van der Waals surface area contributed by atoms with E-state index in [-0.39, 0.29) is 17.9 Å². The summed E-state index contributed by atoms with van der Waals surface area (Å²) >= 11 is 0. The fourth-order valence-corrected chi connectivity index (χ4v) is 2.53. The first-order chi connectivity index (χ1) is 7.15. The van der Waals surface area contributed by atoms with Gasteiger partial charge >= 0.3 is 0 Å². The largest absolute Gasteiger partial charge is 0.353 e. The lowest BCUT2D eigenvalue weighted by Crippen LogP contribution is -2.37. The summed E-state index contributed by atoms with van der Waals surface area (Å²) in [4.78, 5) is 11.8. The molecule has 0 aromatic carbocycles. The first kappa shape index (κ1) is 10.9. The zero-order valence-corrected chi connectivity index (χ0v) is 9.54. The number of nitrogens with two attached hydrogens (primary N) is 1. The van der Waals surface area contributed by atoms with Crippen LogP contribution in [0.5, 0.6) is 0 Å². The van der Waals surface area contributed by atoms with Gasteiger partial charge in [-0.05, 0) is 38.5 Å². The summed E-state index contributed by atoms with van der Waals surface area (Å²) in [6.45, 7) is 2.12. The lowest BCUT2D eigenvalue weighted by Gasteiger charge is -2.16. The van der Waals surface area contributed by atoms with E-state index >= 15 is 0 Å². The van der Waals surface area contributed by atoms with Crippen LogP contribution in [0.25, 0.3) is 0 Å². The van der Waals surface area contributed by atoms with Gasteiger partial charge in [-0.25, -0.2) is 0 Å². The van der Waals surface area contributed by atoms with E-state index in [1.54, 1.807) is 0 Å². The first-order valence-corrected chi connectivity index (χ1v) is 6.21. The van der Waals surface area contributed by atoms with Gasteiger partial charge in [-0.15, -0.1) is 0 Å². The number of carbonyl (C=O) groups is 1. The molecule has 3 unspecified atom stereocenters. The normalized spacial score (nSPS) is 32.7. The molecule has 0 spiro atoms. The highest BCUT2D eigenvalue weighted by atomic mass is 16.1. The van der Waals surface area contributed by atoms with Gasteiger partial charge in [0.2, 0.25) is 5.91 Å². The Kier molecular flexibility index (Phi) is 3.29. The van der Waals surface area contributed by atoms with Crippen LogP contribution < -0.4 is 11.1 Å². The highest BCUT2D eigenvalue weighted by Crippen LogP contribution is 2.33. The van der Waals surface area contributed by atoms with Crippen LogP contribution in [0.2, 0.25) is 0 Å². The van der Waals surface area contributed by atoms with Crippen molar-refractivity contribution in [3.63, 3.8) is 0 Å². The smallest absolute Gasteiger partial charge is 0.223 e. The van der Waals surface area contributed by atoms with Crippen LogP contribution in [0.4, 0.5) is 0 Å². The van der Waals surface area contributed by atoms with Crippen molar-refractivity contribution in [1.29, 1.82) is 0 Å². The van der Waals surface area contributed by atoms with E-state index in [1.165, 1.54) is 12.8 Å². The van der Waals surface area contributed by atoms with Gasteiger partial charge in [-0.1, -0.05) is 12.8 Å². The van der Waals surface area contributed by atoms with Crippen molar-refractivity contribution in [2.75, 3.05) is 0 Å². The summed E-state index contributed by atoms with van der Waals surface area (Å²) in [5.41, 5.74) is 5.80. The summed E-state index contributed by atoms with van der Waals surface area (Å²) in [5.74, 6) is 1.30. The number of rotatable bonds is 4. The van der Waals surface area contributed by atoms with Crippen LogP contribution in [0.3, 0.4) is 0 Å². The molecular weight excluding hydrogens is 188 g/mol. The van der Waals surface area contributed by atoms with Crippen molar-refractivity contribution in [2.24, 2.45) is 17.6 Å². The van der Waals surface area contributed by atoms with Gasteiger partial charge in [0.25, 0.3) is 0 Å². The van der Waals surface area contributed by atoms with Gasteiger partial charge in [0, 0.05) is 18.0 Å². The first-order valence-electron chi connectivity index (χ1n) is 6.21. The predicted octanol–water partition coefficient (Wildman–Crippen LogP) is 1.42. The Morgan fingerprint density at radius 2 is 2.13 bits per heavy atom. The lowest BCUT2D eigenvalue weighted by atomic mass is 10.1. The van der Waals surface area contributed by atoms with Crippen LogP contribution in [-0.4, -0.2) is 18.0 Å². The Bertz CT molecular complexity index is 238. The minimum absolute atomic E-state index is 0.182. The maximum atomic E-state index is 11.8. The molecule has 0 aliphatic heterocycles. The van der Waals surface area contributed by atoms with Gasteiger partial charge in [0.1, 0.15) is 0 Å². The lowest BCUT2D eigenvalue weighted by molar-refractivity contribution is -0.125. The molecule has 0 aromatic heterocycles. The van der Waals surface area contributed by atoms with Crippen molar-refractivity contribution >= 4 is 5.91 Å². The molecule has 2 aliphatic carbocycles. The zero-order valence-electron chi connectivity index (χ0n) is 9.54. The van der Waals surface area contributed by atoms with Crippen LogP contribution in [0, 0.1) is 11.8 Å². The van der Waals surface area contributed by atoms with Crippen molar-refractivity contribution in [3.05, 3.63) is 0 Å². The maximum absolute atomic E-state index is 11.8. The topological polar surface area (TPSA) is 55.1 Å². The van der Waals surface area contributed by atoms with Gasteiger partial charge in [-0.3, -0.25) is 4.79 Å². The van der Waals surface area contributed by atoms with Crippen molar-refractivity contribution in [3.8, 4) is 0 Å². The second-order valence-corrected chi connectivity index (χ2v) is 5.36. The molecule has 0 radical (unpaired) electrons. The molecule has 2 aliphatic rings. The molecule has 2 fully saturated rings. The Hall–Kier alpha value is -0.570. The minimum atomic E-state index is 0.182. The van der Waals surface area contributed by atoms with E-state index in [9.17, 15) is 4.79 Å². The average molecular weight is 210 g/mol. The van der Waals surface area contributed by atoms with E-state index in [1.807, 2.05) is 0 Å². The summed E-state index contributed by atoms with van der Waals surface area (Å²) in [5, 5.41) is 3.12. The molecule has 3 nitrogen and oxygen atoms in total. The third-order valence-corrected chi connectivity index (χ3v) is 3.62. The molecule has 0 aromatic rings. The molecule has 1 amide bonds. The van der Waals surface area contributed by atoms with Crippen molar-refractivity contribution in [1.82, 2.24) is 5.32 Å². The monoisotopic (exact) mass is 210 g/mol. The highest BCUT2D eigenvalue weighted by Gasteiger charge is 2.29.